The second-order valence-corrected chi connectivity index (χ2v) is 10.8. The van der Waals surface area contributed by atoms with Crippen LogP contribution in [-0.4, -0.2) is 41.2 Å². The van der Waals surface area contributed by atoms with Crippen molar-refractivity contribution in [3.8, 4) is 5.75 Å². The van der Waals surface area contributed by atoms with E-state index in [4.69, 9.17) is 9.47 Å². The van der Waals surface area contributed by atoms with Crippen LogP contribution in [0.5, 0.6) is 5.75 Å². The Kier molecular flexibility index (Phi) is 7.02. The molecule has 1 amide bonds. The van der Waals surface area contributed by atoms with Crippen molar-refractivity contribution < 1.29 is 22.7 Å². The van der Waals surface area contributed by atoms with Crippen LogP contribution in [0.1, 0.15) is 28.8 Å². The van der Waals surface area contributed by atoms with Crippen molar-refractivity contribution in [2.75, 3.05) is 31.6 Å². The summed E-state index contributed by atoms with van der Waals surface area (Å²) in [6.07, 6.45) is 1.62. The maximum atomic E-state index is 12.8. The number of methoxy groups -OCH3 is 1. The maximum absolute atomic E-state index is 12.8. The zero-order valence-corrected chi connectivity index (χ0v) is 19.9. The lowest BCUT2D eigenvalue weighted by molar-refractivity contribution is 0.0487. The average molecular weight is 487 g/mol. The van der Waals surface area contributed by atoms with Crippen molar-refractivity contribution in [2.24, 2.45) is 0 Å². The third kappa shape index (κ3) is 5.38. The molecule has 1 saturated heterocycles. The fourth-order valence-electron chi connectivity index (χ4n) is 3.94. The summed E-state index contributed by atoms with van der Waals surface area (Å²) >= 11 is 1.15. The summed E-state index contributed by atoms with van der Waals surface area (Å²) in [5.41, 5.74) is 1.80. The van der Waals surface area contributed by atoms with E-state index < -0.39 is 10.0 Å². The van der Waals surface area contributed by atoms with Crippen LogP contribution in [0.3, 0.4) is 0 Å². The largest absolute Gasteiger partial charge is 0.497 e. The molecule has 1 aliphatic rings. The fourth-order valence-corrected chi connectivity index (χ4v) is 5.99. The third-order valence-electron chi connectivity index (χ3n) is 5.90. The third-order valence-corrected chi connectivity index (χ3v) is 8.68. The number of carbonyl (C=O) groups excluding carboxylic acids is 1. The standard InChI is InChI=1S/C24H26N2O5S2/c1-30-21-10-6-19(7-11-21)24(12-14-31-15-13-24)17-25-23(27)18-4-8-20(9-5-18)26-33(28,29)22-3-2-16-32-22/h2-11,16,26H,12-15,17H2,1H3,(H,25,27). The average Bonchev–Trinajstić information content (AvgIpc) is 3.40. The quantitative estimate of drug-likeness (QED) is 0.501. The Bertz CT molecular complexity index is 1170. The molecule has 1 fully saturated rings. The Morgan fingerprint density at radius 3 is 2.36 bits per heavy atom. The summed E-state index contributed by atoms with van der Waals surface area (Å²) in [6.45, 7) is 1.76. The van der Waals surface area contributed by atoms with E-state index in [0.29, 0.717) is 31.0 Å². The van der Waals surface area contributed by atoms with Crippen molar-refractivity contribution in [1.29, 1.82) is 0 Å². The Balaban J connectivity index is 1.43. The van der Waals surface area contributed by atoms with Gasteiger partial charge in [-0.3, -0.25) is 9.52 Å². The van der Waals surface area contributed by atoms with Gasteiger partial charge < -0.3 is 14.8 Å². The zero-order chi connectivity index (χ0) is 23.3. The van der Waals surface area contributed by atoms with Gasteiger partial charge in [0.15, 0.2) is 0 Å². The van der Waals surface area contributed by atoms with Crippen molar-refractivity contribution >= 4 is 33.0 Å². The number of hydrogen-bond acceptors (Lipinski definition) is 6. The number of rotatable bonds is 8. The first-order valence-electron chi connectivity index (χ1n) is 10.6. The van der Waals surface area contributed by atoms with Crippen LogP contribution < -0.4 is 14.8 Å². The molecule has 0 radical (unpaired) electrons. The number of thiophene rings is 1. The van der Waals surface area contributed by atoms with Gasteiger partial charge in [-0.25, -0.2) is 8.42 Å². The smallest absolute Gasteiger partial charge is 0.271 e. The predicted molar refractivity (Wildman–Crippen MR) is 129 cm³/mol. The molecular formula is C24H26N2O5S2. The van der Waals surface area contributed by atoms with Gasteiger partial charge in [-0.1, -0.05) is 18.2 Å². The lowest BCUT2D eigenvalue weighted by Crippen LogP contribution is -2.44. The number of anilines is 1. The van der Waals surface area contributed by atoms with Gasteiger partial charge in [0.1, 0.15) is 9.96 Å². The molecule has 174 valence electrons. The minimum atomic E-state index is -3.62. The fraction of sp³-hybridized carbons (Fsp3) is 0.292. The second-order valence-electron chi connectivity index (χ2n) is 7.92. The zero-order valence-electron chi connectivity index (χ0n) is 18.2. The highest BCUT2D eigenvalue weighted by Crippen LogP contribution is 2.35. The van der Waals surface area contributed by atoms with Crippen LogP contribution in [0.4, 0.5) is 5.69 Å². The summed E-state index contributed by atoms with van der Waals surface area (Å²) in [5.74, 6) is 0.585. The van der Waals surface area contributed by atoms with Crippen LogP contribution in [0.25, 0.3) is 0 Å². The van der Waals surface area contributed by atoms with Gasteiger partial charge in [0.05, 0.1) is 7.11 Å². The van der Waals surface area contributed by atoms with E-state index in [-0.39, 0.29) is 15.5 Å². The van der Waals surface area contributed by atoms with Crippen LogP contribution in [-0.2, 0) is 20.2 Å². The highest BCUT2D eigenvalue weighted by molar-refractivity contribution is 7.94. The normalized spacial score (nSPS) is 15.5. The molecule has 0 bridgehead atoms. The molecule has 3 aromatic rings. The lowest BCUT2D eigenvalue weighted by atomic mass is 9.74. The molecule has 0 unspecified atom stereocenters. The number of sulfonamides is 1. The topological polar surface area (TPSA) is 93.7 Å². The molecule has 33 heavy (non-hydrogen) atoms. The lowest BCUT2D eigenvalue weighted by Gasteiger charge is -2.38. The van der Waals surface area contributed by atoms with Crippen molar-refractivity contribution in [3.63, 3.8) is 0 Å². The SMILES string of the molecule is COc1ccc(C2(CNC(=O)c3ccc(NS(=O)(=O)c4cccs4)cc3)CCOCC2)cc1. The molecular weight excluding hydrogens is 460 g/mol. The monoisotopic (exact) mass is 486 g/mol. The van der Waals surface area contributed by atoms with Gasteiger partial charge in [-0.2, -0.15) is 0 Å². The van der Waals surface area contributed by atoms with Gasteiger partial charge in [0, 0.05) is 36.4 Å². The van der Waals surface area contributed by atoms with E-state index in [1.165, 1.54) is 0 Å². The number of amides is 1. The van der Waals surface area contributed by atoms with E-state index in [1.807, 2.05) is 24.3 Å². The van der Waals surface area contributed by atoms with Gasteiger partial charge in [-0.05, 0) is 66.2 Å². The van der Waals surface area contributed by atoms with E-state index in [9.17, 15) is 13.2 Å². The van der Waals surface area contributed by atoms with Crippen LogP contribution >= 0.6 is 11.3 Å². The summed E-state index contributed by atoms with van der Waals surface area (Å²) in [7, 11) is -1.99. The van der Waals surface area contributed by atoms with Crippen LogP contribution in [0, 0.1) is 0 Å². The van der Waals surface area contributed by atoms with Crippen molar-refractivity contribution in [1.82, 2.24) is 5.32 Å². The predicted octanol–water partition coefficient (Wildman–Crippen LogP) is 4.04. The molecule has 9 heteroatoms. The number of ether oxygens (including phenoxy) is 2. The van der Waals surface area contributed by atoms with Crippen LogP contribution in [0.15, 0.2) is 70.3 Å². The highest BCUT2D eigenvalue weighted by Gasteiger charge is 2.35. The molecule has 7 nitrogen and oxygen atoms in total. The molecule has 0 atom stereocenters. The Hall–Kier alpha value is -2.88. The van der Waals surface area contributed by atoms with Gasteiger partial charge in [0.2, 0.25) is 0 Å². The van der Waals surface area contributed by atoms with E-state index in [2.05, 4.69) is 10.0 Å². The van der Waals surface area contributed by atoms with Gasteiger partial charge in [-0.15, -0.1) is 11.3 Å². The Morgan fingerprint density at radius 1 is 1.06 bits per heavy atom. The summed E-state index contributed by atoms with van der Waals surface area (Å²) in [4.78, 5) is 12.8. The molecule has 0 spiro atoms. The highest BCUT2D eigenvalue weighted by atomic mass is 32.2. The minimum Gasteiger partial charge on any atom is -0.497 e. The first-order chi connectivity index (χ1) is 15.9. The summed E-state index contributed by atoms with van der Waals surface area (Å²) < 4.78 is 38.4. The molecule has 2 heterocycles. The van der Waals surface area contributed by atoms with Crippen molar-refractivity contribution in [3.05, 3.63) is 77.2 Å². The number of carbonyl (C=O) groups is 1. The number of hydrogen-bond donors (Lipinski definition) is 2. The Labute approximate surface area is 197 Å². The maximum Gasteiger partial charge on any atom is 0.271 e. The van der Waals surface area contributed by atoms with Crippen LogP contribution in [0.2, 0.25) is 0 Å². The number of nitrogens with one attached hydrogen (secondary N) is 2. The van der Waals surface area contributed by atoms with Gasteiger partial charge >= 0.3 is 0 Å². The molecule has 0 saturated carbocycles. The molecule has 2 aromatic carbocycles. The molecule has 2 N–H and O–H groups in total. The first-order valence-corrected chi connectivity index (χ1v) is 13.0. The minimum absolute atomic E-state index is 0.206. The number of benzene rings is 2. The van der Waals surface area contributed by atoms with E-state index >= 15 is 0 Å². The first kappa shape index (κ1) is 23.3. The Morgan fingerprint density at radius 2 is 1.76 bits per heavy atom. The summed E-state index contributed by atoms with van der Waals surface area (Å²) in [5, 5.41) is 4.77. The summed E-state index contributed by atoms with van der Waals surface area (Å²) in [6, 6.07) is 17.6. The molecule has 4 rings (SSSR count). The van der Waals surface area contributed by atoms with E-state index in [1.54, 1.807) is 48.9 Å². The van der Waals surface area contributed by atoms with Crippen molar-refractivity contribution in [2.45, 2.75) is 22.5 Å². The second kappa shape index (κ2) is 9.94. The van der Waals surface area contributed by atoms with Gasteiger partial charge in [0.25, 0.3) is 15.9 Å². The van der Waals surface area contributed by atoms with E-state index in [0.717, 1.165) is 35.5 Å². The molecule has 1 aromatic heterocycles. The molecule has 1 aliphatic heterocycles. The molecule has 0 aliphatic carbocycles.